The monoisotopic (exact) mass is 480 g/mol. The number of ether oxygens (including phenoxy) is 1. The topological polar surface area (TPSA) is 84.5 Å². The van der Waals surface area contributed by atoms with Crippen LogP contribution >= 0.6 is 15.9 Å². The van der Waals surface area contributed by atoms with Crippen LogP contribution in [0.15, 0.2) is 77.3 Å². The van der Waals surface area contributed by atoms with Gasteiger partial charge in [0, 0.05) is 29.2 Å². The molecule has 0 spiro atoms. The summed E-state index contributed by atoms with van der Waals surface area (Å²) >= 11 is 3.40. The Morgan fingerprint density at radius 3 is 2.42 bits per heavy atom. The molecule has 0 aromatic heterocycles. The van der Waals surface area contributed by atoms with E-state index in [9.17, 15) is 14.4 Å². The lowest BCUT2D eigenvalue weighted by atomic mass is 10.1. The highest BCUT2D eigenvalue weighted by atomic mass is 79.9. The molecule has 3 aromatic carbocycles. The van der Waals surface area contributed by atoms with E-state index in [-0.39, 0.29) is 24.8 Å². The Morgan fingerprint density at radius 2 is 1.65 bits per heavy atom. The molecule has 0 unspecified atom stereocenters. The smallest absolute Gasteiger partial charge is 0.308 e. The SMILES string of the molecule is CC(=O)Oc1cccc(C(=O)NCc2cccc(NC(=O)Cc3cccc(Br)c3)c2)c1. The van der Waals surface area contributed by atoms with Crippen LogP contribution in [0.3, 0.4) is 0 Å². The van der Waals surface area contributed by atoms with Gasteiger partial charge in [-0.1, -0.05) is 46.3 Å². The lowest BCUT2D eigenvalue weighted by Gasteiger charge is -2.10. The molecule has 2 amide bonds. The van der Waals surface area contributed by atoms with Crippen molar-refractivity contribution < 1.29 is 19.1 Å². The summed E-state index contributed by atoms with van der Waals surface area (Å²) in [6, 6.07) is 21.3. The van der Waals surface area contributed by atoms with Crippen molar-refractivity contribution in [3.05, 3.63) is 94.0 Å². The molecule has 0 bridgehead atoms. The maximum Gasteiger partial charge on any atom is 0.308 e. The average molecular weight is 481 g/mol. The Morgan fingerprint density at radius 1 is 0.903 bits per heavy atom. The quantitative estimate of drug-likeness (QED) is 0.385. The highest BCUT2D eigenvalue weighted by Crippen LogP contribution is 2.16. The summed E-state index contributed by atoms with van der Waals surface area (Å²) in [4.78, 5) is 35.8. The van der Waals surface area contributed by atoms with Crippen LogP contribution in [0.5, 0.6) is 5.75 Å². The Hall–Kier alpha value is -3.45. The number of hydrogen-bond acceptors (Lipinski definition) is 4. The van der Waals surface area contributed by atoms with Gasteiger partial charge in [-0.3, -0.25) is 14.4 Å². The summed E-state index contributed by atoms with van der Waals surface area (Å²) in [6.07, 6.45) is 0.263. The molecule has 0 radical (unpaired) electrons. The van der Waals surface area contributed by atoms with E-state index in [1.54, 1.807) is 24.3 Å². The molecule has 6 nitrogen and oxygen atoms in total. The molecular weight excluding hydrogens is 460 g/mol. The fourth-order valence-electron chi connectivity index (χ4n) is 2.95. The van der Waals surface area contributed by atoms with Crippen molar-refractivity contribution >= 4 is 39.4 Å². The van der Waals surface area contributed by atoms with Crippen LogP contribution in [0.2, 0.25) is 0 Å². The summed E-state index contributed by atoms with van der Waals surface area (Å²) < 4.78 is 5.93. The summed E-state index contributed by atoms with van der Waals surface area (Å²) in [7, 11) is 0. The summed E-state index contributed by atoms with van der Waals surface area (Å²) in [5, 5.41) is 5.70. The first-order valence-electron chi connectivity index (χ1n) is 9.59. The number of benzene rings is 3. The van der Waals surface area contributed by atoms with Crippen molar-refractivity contribution in [1.29, 1.82) is 0 Å². The lowest BCUT2D eigenvalue weighted by molar-refractivity contribution is -0.131. The summed E-state index contributed by atoms with van der Waals surface area (Å²) in [6.45, 7) is 1.59. The lowest BCUT2D eigenvalue weighted by Crippen LogP contribution is -2.23. The van der Waals surface area contributed by atoms with Gasteiger partial charge < -0.3 is 15.4 Å². The zero-order valence-corrected chi connectivity index (χ0v) is 18.4. The van der Waals surface area contributed by atoms with Crippen LogP contribution in [0, 0.1) is 0 Å². The fourth-order valence-corrected chi connectivity index (χ4v) is 3.39. The number of hydrogen-bond donors (Lipinski definition) is 2. The molecule has 3 aromatic rings. The maximum absolute atomic E-state index is 12.4. The van der Waals surface area contributed by atoms with Crippen LogP contribution in [-0.2, 0) is 22.6 Å². The van der Waals surface area contributed by atoms with Gasteiger partial charge in [-0.05, 0) is 53.6 Å². The number of anilines is 1. The first-order chi connectivity index (χ1) is 14.9. The maximum atomic E-state index is 12.4. The standard InChI is InChI=1S/C24H21BrN2O4/c1-16(28)31-22-10-4-7-19(14-22)24(30)26-15-18-6-3-9-21(12-18)27-23(29)13-17-5-2-8-20(25)11-17/h2-12,14H,13,15H2,1H3,(H,26,30)(H,27,29). The largest absolute Gasteiger partial charge is 0.427 e. The predicted octanol–water partition coefficient (Wildman–Crippen LogP) is 4.49. The number of amides is 2. The second-order valence-electron chi connectivity index (χ2n) is 6.86. The number of carbonyl (C=O) groups excluding carboxylic acids is 3. The number of carbonyl (C=O) groups is 3. The Kier molecular flexibility index (Phi) is 7.56. The molecule has 31 heavy (non-hydrogen) atoms. The summed E-state index contributed by atoms with van der Waals surface area (Å²) in [5.41, 5.74) is 2.79. The molecule has 0 aliphatic rings. The van der Waals surface area contributed by atoms with Crippen molar-refractivity contribution in [1.82, 2.24) is 5.32 Å². The summed E-state index contributed by atoms with van der Waals surface area (Å²) in [5.74, 6) is -0.550. The molecule has 158 valence electrons. The van der Waals surface area contributed by atoms with E-state index in [1.165, 1.54) is 13.0 Å². The normalized spacial score (nSPS) is 10.3. The molecule has 0 saturated heterocycles. The van der Waals surface area contributed by atoms with Gasteiger partial charge in [0.25, 0.3) is 5.91 Å². The predicted molar refractivity (Wildman–Crippen MR) is 122 cm³/mol. The number of esters is 1. The van der Waals surface area contributed by atoms with Crippen molar-refractivity contribution in [2.45, 2.75) is 19.9 Å². The van der Waals surface area contributed by atoms with Gasteiger partial charge in [0.2, 0.25) is 5.91 Å². The van der Waals surface area contributed by atoms with E-state index in [1.807, 2.05) is 42.5 Å². The van der Waals surface area contributed by atoms with Gasteiger partial charge in [-0.2, -0.15) is 0 Å². The molecule has 0 aliphatic carbocycles. The van der Waals surface area contributed by atoms with Gasteiger partial charge in [-0.15, -0.1) is 0 Å². The van der Waals surface area contributed by atoms with Crippen molar-refractivity contribution in [2.24, 2.45) is 0 Å². The first-order valence-corrected chi connectivity index (χ1v) is 10.4. The molecule has 2 N–H and O–H groups in total. The molecule has 0 heterocycles. The molecular formula is C24H21BrN2O4. The van der Waals surface area contributed by atoms with Crippen LogP contribution < -0.4 is 15.4 Å². The second kappa shape index (κ2) is 10.5. The van der Waals surface area contributed by atoms with Crippen LogP contribution in [0.25, 0.3) is 0 Å². The zero-order valence-electron chi connectivity index (χ0n) is 16.9. The Balaban J connectivity index is 1.57. The zero-order chi connectivity index (χ0) is 22.2. The minimum absolute atomic E-state index is 0.124. The van der Waals surface area contributed by atoms with Crippen LogP contribution in [0.1, 0.15) is 28.4 Å². The molecule has 0 aliphatic heterocycles. The van der Waals surface area contributed by atoms with Crippen LogP contribution in [0.4, 0.5) is 5.69 Å². The van der Waals surface area contributed by atoms with Gasteiger partial charge >= 0.3 is 5.97 Å². The molecule has 0 atom stereocenters. The second-order valence-corrected chi connectivity index (χ2v) is 7.78. The van der Waals surface area contributed by atoms with Crippen molar-refractivity contribution in [2.75, 3.05) is 5.32 Å². The third-order valence-electron chi connectivity index (χ3n) is 4.28. The number of halogens is 1. The first kappa shape index (κ1) is 22.2. The van der Waals surface area contributed by atoms with Crippen molar-refractivity contribution in [3.63, 3.8) is 0 Å². The number of rotatable bonds is 7. The average Bonchev–Trinajstić information content (AvgIpc) is 2.72. The Labute approximate surface area is 188 Å². The van der Waals surface area contributed by atoms with E-state index in [0.717, 1.165) is 15.6 Å². The van der Waals surface area contributed by atoms with Gasteiger partial charge in [0.05, 0.1) is 6.42 Å². The van der Waals surface area contributed by atoms with E-state index in [4.69, 9.17) is 4.74 Å². The highest BCUT2D eigenvalue weighted by Gasteiger charge is 2.09. The molecule has 0 fully saturated rings. The third-order valence-corrected chi connectivity index (χ3v) is 4.77. The van der Waals surface area contributed by atoms with Gasteiger partial charge in [0.15, 0.2) is 0 Å². The molecule has 7 heteroatoms. The number of nitrogens with one attached hydrogen (secondary N) is 2. The van der Waals surface area contributed by atoms with E-state index < -0.39 is 5.97 Å². The van der Waals surface area contributed by atoms with E-state index in [0.29, 0.717) is 17.0 Å². The van der Waals surface area contributed by atoms with E-state index in [2.05, 4.69) is 26.6 Å². The van der Waals surface area contributed by atoms with E-state index >= 15 is 0 Å². The van der Waals surface area contributed by atoms with Gasteiger partial charge in [-0.25, -0.2) is 0 Å². The molecule has 0 saturated carbocycles. The third kappa shape index (κ3) is 7.08. The fraction of sp³-hybridized carbons (Fsp3) is 0.125. The van der Waals surface area contributed by atoms with Gasteiger partial charge in [0.1, 0.15) is 5.75 Å². The minimum atomic E-state index is -0.448. The molecule has 3 rings (SSSR count). The minimum Gasteiger partial charge on any atom is -0.427 e. The van der Waals surface area contributed by atoms with Crippen LogP contribution in [-0.4, -0.2) is 17.8 Å². The van der Waals surface area contributed by atoms with Crippen molar-refractivity contribution in [3.8, 4) is 5.75 Å². The highest BCUT2D eigenvalue weighted by molar-refractivity contribution is 9.10. The Bertz CT molecular complexity index is 1110.